The zero-order valence-electron chi connectivity index (χ0n) is 11.3. The van der Waals surface area contributed by atoms with Gasteiger partial charge in [0.1, 0.15) is 0 Å². The van der Waals surface area contributed by atoms with Crippen LogP contribution in [0.25, 0.3) is 16.4 Å². The number of alkyl halides is 1. The molecular formula is C15H14ClN3S. The normalized spacial score (nSPS) is 10.9. The smallest absolute Gasteiger partial charge is 0.178 e. The summed E-state index contributed by atoms with van der Waals surface area (Å²) in [7, 11) is 0. The molecule has 5 heteroatoms. The monoisotopic (exact) mass is 303 g/mol. The summed E-state index contributed by atoms with van der Waals surface area (Å²) >= 11 is 7.67. The zero-order chi connectivity index (χ0) is 14.1. The van der Waals surface area contributed by atoms with E-state index < -0.39 is 0 Å². The number of hydrogen-bond acceptors (Lipinski definition) is 3. The summed E-state index contributed by atoms with van der Waals surface area (Å²) in [5, 5.41) is 10.6. The molecule has 0 atom stereocenters. The van der Waals surface area contributed by atoms with Crippen molar-refractivity contribution in [1.82, 2.24) is 14.8 Å². The van der Waals surface area contributed by atoms with E-state index in [0.29, 0.717) is 5.88 Å². The second-order valence-electron chi connectivity index (χ2n) is 4.73. The Morgan fingerprint density at radius 1 is 1.15 bits per heavy atom. The van der Waals surface area contributed by atoms with Crippen molar-refractivity contribution in [1.29, 1.82) is 0 Å². The van der Waals surface area contributed by atoms with Crippen LogP contribution in [0.4, 0.5) is 0 Å². The Balaban J connectivity index is 2.23. The van der Waals surface area contributed by atoms with Crippen LogP contribution in [0.15, 0.2) is 35.7 Å². The molecule has 0 spiro atoms. The van der Waals surface area contributed by atoms with Crippen molar-refractivity contribution in [2.45, 2.75) is 19.7 Å². The molecule has 0 unspecified atom stereocenters. The molecule has 2 heterocycles. The lowest BCUT2D eigenvalue weighted by atomic mass is 10.1. The number of aromatic nitrogens is 3. The van der Waals surface area contributed by atoms with Crippen LogP contribution < -0.4 is 0 Å². The molecule has 0 aliphatic carbocycles. The van der Waals surface area contributed by atoms with Gasteiger partial charge in [-0.3, -0.25) is 4.57 Å². The Labute approximate surface area is 126 Å². The van der Waals surface area contributed by atoms with Crippen molar-refractivity contribution in [3.63, 3.8) is 0 Å². The Hall–Kier alpha value is -1.65. The fourth-order valence-electron chi connectivity index (χ4n) is 2.32. The number of nitrogens with zero attached hydrogens (tertiary/aromatic N) is 3. The standard InChI is InChI=1S/C15H14ClN3S/c1-10-6-11(2)8-12(7-10)19-14(9-16)17-18-15(19)13-4-3-5-20-13/h3-8H,9H2,1-2H3. The van der Waals surface area contributed by atoms with Crippen molar-refractivity contribution < 1.29 is 0 Å². The third kappa shape index (κ3) is 2.37. The molecule has 0 N–H and O–H groups in total. The summed E-state index contributed by atoms with van der Waals surface area (Å²) in [5.74, 6) is 1.95. The van der Waals surface area contributed by atoms with Gasteiger partial charge in [-0.05, 0) is 48.6 Å². The molecule has 2 aromatic heterocycles. The average molecular weight is 304 g/mol. The molecule has 0 radical (unpaired) electrons. The van der Waals surface area contributed by atoms with Crippen LogP contribution in [-0.4, -0.2) is 14.8 Å². The Morgan fingerprint density at radius 3 is 2.50 bits per heavy atom. The van der Waals surface area contributed by atoms with E-state index >= 15 is 0 Å². The number of benzene rings is 1. The van der Waals surface area contributed by atoms with Crippen molar-refractivity contribution in [3.05, 3.63) is 52.7 Å². The molecule has 0 bridgehead atoms. The van der Waals surface area contributed by atoms with E-state index in [0.717, 1.165) is 22.2 Å². The highest BCUT2D eigenvalue weighted by molar-refractivity contribution is 7.13. The zero-order valence-corrected chi connectivity index (χ0v) is 12.9. The second kappa shape index (κ2) is 5.38. The van der Waals surface area contributed by atoms with E-state index in [-0.39, 0.29) is 0 Å². The first kappa shape index (κ1) is 13.3. The van der Waals surface area contributed by atoms with Gasteiger partial charge in [0.25, 0.3) is 0 Å². The fourth-order valence-corrected chi connectivity index (χ4v) is 3.19. The molecule has 3 aromatic rings. The van der Waals surface area contributed by atoms with Crippen molar-refractivity contribution in [3.8, 4) is 16.4 Å². The molecule has 102 valence electrons. The molecule has 3 nitrogen and oxygen atoms in total. The second-order valence-corrected chi connectivity index (χ2v) is 5.95. The van der Waals surface area contributed by atoms with E-state index in [2.05, 4.69) is 42.2 Å². The lowest BCUT2D eigenvalue weighted by molar-refractivity contribution is 0.951. The van der Waals surface area contributed by atoms with Gasteiger partial charge in [0.2, 0.25) is 0 Å². The van der Waals surface area contributed by atoms with E-state index in [1.807, 2.05) is 22.1 Å². The summed E-state index contributed by atoms with van der Waals surface area (Å²) in [6.45, 7) is 4.18. The minimum Gasteiger partial charge on any atom is -0.277 e. The maximum atomic E-state index is 6.02. The number of thiophene rings is 1. The molecule has 20 heavy (non-hydrogen) atoms. The number of rotatable bonds is 3. The van der Waals surface area contributed by atoms with Crippen LogP contribution in [0.3, 0.4) is 0 Å². The number of hydrogen-bond donors (Lipinski definition) is 0. The van der Waals surface area contributed by atoms with E-state index in [1.165, 1.54) is 11.1 Å². The van der Waals surface area contributed by atoms with Crippen LogP contribution >= 0.6 is 22.9 Å². The first-order valence-electron chi connectivity index (χ1n) is 6.32. The van der Waals surface area contributed by atoms with Crippen LogP contribution in [0, 0.1) is 13.8 Å². The van der Waals surface area contributed by atoms with Gasteiger partial charge in [-0.2, -0.15) is 0 Å². The molecular weight excluding hydrogens is 290 g/mol. The lowest BCUT2D eigenvalue weighted by Gasteiger charge is -2.10. The fraction of sp³-hybridized carbons (Fsp3) is 0.200. The van der Waals surface area contributed by atoms with Gasteiger partial charge in [0.05, 0.1) is 10.8 Å². The van der Waals surface area contributed by atoms with Gasteiger partial charge in [-0.1, -0.05) is 12.1 Å². The highest BCUT2D eigenvalue weighted by Crippen LogP contribution is 2.28. The average Bonchev–Trinajstić information content (AvgIpc) is 3.06. The van der Waals surface area contributed by atoms with Crippen LogP contribution in [0.1, 0.15) is 17.0 Å². The summed E-state index contributed by atoms with van der Waals surface area (Å²) in [5.41, 5.74) is 3.49. The topological polar surface area (TPSA) is 30.7 Å². The first-order chi connectivity index (χ1) is 9.69. The molecule has 3 rings (SSSR count). The van der Waals surface area contributed by atoms with Crippen LogP contribution in [0.2, 0.25) is 0 Å². The van der Waals surface area contributed by atoms with Crippen molar-refractivity contribution in [2.75, 3.05) is 0 Å². The lowest BCUT2D eigenvalue weighted by Crippen LogP contribution is -2.02. The van der Waals surface area contributed by atoms with Gasteiger partial charge < -0.3 is 0 Å². The third-order valence-electron chi connectivity index (χ3n) is 3.06. The highest BCUT2D eigenvalue weighted by Gasteiger charge is 2.15. The maximum absolute atomic E-state index is 6.02. The molecule has 0 saturated heterocycles. The van der Waals surface area contributed by atoms with Crippen molar-refractivity contribution >= 4 is 22.9 Å². The van der Waals surface area contributed by atoms with Gasteiger partial charge >= 0.3 is 0 Å². The van der Waals surface area contributed by atoms with Gasteiger partial charge in [-0.25, -0.2) is 0 Å². The first-order valence-corrected chi connectivity index (χ1v) is 7.73. The van der Waals surface area contributed by atoms with E-state index in [4.69, 9.17) is 11.6 Å². The van der Waals surface area contributed by atoms with E-state index in [9.17, 15) is 0 Å². The molecule has 0 aliphatic heterocycles. The molecule has 0 fully saturated rings. The Bertz CT molecular complexity index is 711. The molecule has 1 aromatic carbocycles. The number of aryl methyl sites for hydroxylation is 2. The van der Waals surface area contributed by atoms with Crippen molar-refractivity contribution in [2.24, 2.45) is 0 Å². The minimum absolute atomic E-state index is 0.339. The molecule has 0 amide bonds. The highest BCUT2D eigenvalue weighted by atomic mass is 35.5. The molecule has 0 aliphatic rings. The summed E-state index contributed by atoms with van der Waals surface area (Å²) in [6.07, 6.45) is 0. The van der Waals surface area contributed by atoms with E-state index in [1.54, 1.807) is 11.3 Å². The predicted molar refractivity (Wildman–Crippen MR) is 83.7 cm³/mol. The SMILES string of the molecule is Cc1cc(C)cc(-n2c(CCl)nnc2-c2cccs2)c1. The van der Waals surface area contributed by atoms with Gasteiger partial charge in [0.15, 0.2) is 11.6 Å². The summed E-state index contributed by atoms with van der Waals surface area (Å²) < 4.78 is 2.04. The van der Waals surface area contributed by atoms with Gasteiger partial charge in [0, 0.05) is 5.69 Å². The summed E-state index contributed by atoms with van der Waals surface area (Å²) in [4.78, 5) is 1.09. The molecule has 0 saturated carbocycles. The maximum Gasteiger partial charge on any atom is 0.178 e. The van der Waals surface area contributed by atoms with Crippen LogP contribution in [-0.2, 0) is 5.88 Å². The van der Waals surface area contributed by atoms with Crippen LogP contribution in [0.5, 0.6) is 0 Å². The minimum atomic E-state index is 0.339. The third-order valence-corrected chi connectivity index (χ3v) is 4.16. The largest absolute Gasteiger partial charge is 0.277 e. The Kier molecular flexibility index (Phi) is 3.59. The predicted octanol–water partition coefficient (Wildman–Crippen LogP) is 4.35. The van der Waals surface area contributed by atoms with Gasteiger partial charge in [-0.15, -0.1) is 33.1 Å². The Morgan fingerprint density at radius 2 is 1.90 bits per heavy atom. The summed E-state index contributed by atoms with van der Waals surface area (Å²) in [6, 6.07) is 10.5. The quantitative estimate of drug-likeness (QED) is 0.673. The number of halogens is 1.